The van der Waals surface area contributed by atoms with Gasteiger partial charge in [0.15, 0.2) is 0 Å². The molecule has 0 aliphatic carbocycles. The maximum Gasteiger partial charge on any atom is 0.263 e. The average Bonchev–Trinajstić information content (AvgIpc) is 3.32. The third kappa shape index (κ3) is 4.40. The summed E-state index contributed by atoms with van der Waals surface area (Å²) in [4.78, 5) is 26.6. The topological polar surface area (TPSA) is 65.8 Å². The van der Waals surface area contributed by atoms with Crippen LogP contribution < -0.4 is 5.32 Å². The number of carbonyl (C=O) groups excluding carboxylic acids is 1. The number of amides is 1. The summed E-state index contributed by atoms with van der Waals surface area (Å²) >= 11 is 6.35. The highest BCUT2D eigenvalue weighted by atomic mass is 32.2. The number of imidazole rings is 1. The molecule has 1 amide bonds. The van der Waals surface area contributed by atoms with Crippen LogP contribution in [-0.2, 0) is 11.3 Å². The van der Waals surface area contributed by atoms with Crippen molar-refractivity contribution in [3.05, 3.63) is 59.0 Å². The molecule has 2 saturated heterocycles. The third-order valence-corrected chi connectivity index (χ3v) is 6.73. The highest BCUT2D eigenvalue weighted by Crippen LogP contribution is 2.27. The second kappa shape index (κ2) is 8.51. The van der Waals surface area contributed by atoms with Crippen LogP contribution in [0.25, 0.3) is 23.0 Å². The Kier molecular flexibility index (Phi) is 5.58. The number of pyridine rings is 2. The Morgan fingerprint density at radius 2 is 1.97 bits per heavy atom. The van der Waals surface area contributed by atoms with Crippen molar-refractivity contribution in [2.24, 2.45) is 0 Å². The third-order valence-electron chi connectivity index (χ3n) is 5.57. The molecule has 2 fully saturated rings. The molecule has 2 aliphatic heterocycles. The predicted octanol–water partition coefficient (Wildman–Crippen LogP) is 2.63. The van der Waals surface area contributed by atoms with Crippen LogP contribution in [-0.4, -0.2) is 67.6 Å². The molecule has 158 valence electrons. The normalized spacial score (nSPS) is 19.5. The number of carbonyl (C=O) groups is 1. The van der Waals surface area contributed by atoms with Gasteiger partial charge in [-0.2, -0.15) is 0 Å². The van der Waals surface area contributed by atoms with Gasteiger partial charge in [-0.1, -0.05) is 24.0 Å². The standard InChI is InChI=1S/C22H22N6OS2/c1-26-6-8-27(9-7-26)14-17-4-3-16(11-23-17)18-12-24-20-5-2-15(13-28(18)20)10-19-21(29)25-22(30)31-19/h2-5,10-13H,6-9,14H2,1H3,(H,25,29,30)/b19-10-. The lowest BCUT2D eigenvalue weighted by molar-refractivity contribution is -0.115. The van der Waals surface area contributed by atoms with Gasteiger partial charge in [-0.3, -0.25) is 19.1 Å². The van der Waals surface area contributed by atoms with Crippen LogP contribution in [0.4, 0.5) is 0 Å². The largest absolute Gasteiger partial charge is 0.307 e. The summed E-state index contributed by atoms with van der Waals surface area (Å²) in [5, 5.41) is 2.65. The monoisotopic (exact) mass is 450 g/mol. The highest BCUT2D eigenvalue weighted by molar-refractivity contribution is 8.26. The quantitative estimate of drug-likeness (QED) is 0.484. The second-order valence-corrected chi connectivity index (χ2v) is 9.52. The summed E-state index contributed by atoms with van der Waals surface area (Å²) in [6.07, 6.45) is 7.60. The molecular weight excluding hydrogens is 428 g/mol. The van der Waals surface area contributed by atoms with E-state index in [1.165, 1.54) is 11.8 Å². The summed E-state index contributed by atoms with van der Waals surface area (Å²) in [7, 11) is 2.16. The molecule has 0 bridgehead atoms. The molecule has 5 heterocycles. The summed E-state index contributed by atoms with van der Waals surface area (Å²) in [6, 6.07) is 8.09. The number of thioether (sulfide) groups is 1. The minimum Gasteiger partial charge on any atom is -0.307 e. The fourth-order valence-electron chi connectivity index (χ4n) is 3.77. The van der Waals surface area contributed by atoms with E-state index in [2.05, 4.69) is 39.3 Å². The molecule has 3 aromatic rings. The number of rotatable bonds is 4. The Bertz CT molecular complexity index is 1180. The van der Waals surface area contributed by atoms with E-state index in [4.69, 9.17) is 17.2 Å². The van der Waals surface area contributed by atoms with Gasteiger partial charge in [-0.15, -0.1) is 0 Å². The van der Waals surface area contributed by atoms with Gasteiger partial charge in [0.05, 0.1) is 22.5 Å². The molecule has 9 heteroatoms. The van der Waals surface area contributed by atoms with Crippen molar-refractivity contribution in [3.63, 3.8) is 0 Å². The van der Waals surface area contributed by atoms with E-state index < -0.39 is 0 Å². The first-order valence-electron chi connectivity index (χ1n) is 10.1. The summed E-state index contributed by atoms with van der Waals surface area (Å²) < 4.78 is 2.52. The van der Waals surface area contributed by atoms with Crippen molar-refractivity contribution in [3.8, 4) is 11.3 Å². The molecule has 2 aliphatic rings. The van der Waals surface area contributed by atoms with Gasteiger partial charge in [0, 0.05) is 50.7 Å². The SMILES string of the molecule is CN1CCN(Cc2ccc(-c3cnc4ccc(/C=C5\SC(=S)NC5=O)cn34)cn2)CC1. The number of hydrogen-bond acceptors (Lipinski definition) is 7. The van der Waals surface area contributed by atoms with Gasteiger partial charge in [0.25, 0.3) is 5.91 Å². The van der Waals surface area contributed by atoms with Crippen LogP contribution >= 0.6 is 24.0 Å². The van der Waals surface area contributed by atoms with Crippen LogP contribution in [0.1, 0.15) is 11.3 Å². The lowest BCUT2D eigenvalue weighted by Crippen LogP contribution is -2.43. The van der Waals surface area contributed by atoms with Crippen molar-refractivity contribution < 1.29 is 4.79 Å². The molecule has 0 unspecified atom stereocenters. The minimum absolute atomic E-state index is 0.152. The molecule has 0 spiro atoms. The number of hydrogen-bond donors (Lipinski definition) is 1. The molecular formula is C22H22N6OS2. The maximum atomic E-state index is 12.0. The zero-order valence-corrected chi connectivity index (χ0v) is 18.7. The summed E-state index contributed by atoms with van der Waals surface area (Å²) in [5.41, 5.74) is 4.81. The first-order chi connectivity index (χ1) is 15.0. The van der Waals surface area contributed by atoms with Crippen molar-refractivity contribution >= 4 is 45.9 Å². The fraction of sp³-hybridized carbons (Fsp3) is 0.273. The molecule has 0 radical (unpaired) electrons. The minimum atomic E-state index is -0.152. The van der Waals surface area contributed by atoms with Crippen LogP contribution in [0, 0.1) is 0 Å². The van der Waals surface area contributed by atoms with Gasteiger partial charge in [-0.25, -0.2) is 4.98 Å². The smallest absolute Gasteiger partial charge is 0.263 e. The van der Waals surface area contributed by atoms with E-state index in [1.54, 1.807) is 0 Å². The fourth-order valence-corrected chi connectivity index (χ4v) is 4.82. The Hall–Kier alpha value is -2.59. The Morgan fingerprint density at radius 3 is 2.68 bits per heavy atom. The number of thiocarbonyl (C=S) groups is 1. The van der Waals surface area contributed by atoms with Crippen LogP contribution in [0.2, 0.25) is 0 Å². The molecule has 3 aromatic heterocycles. The Labute approximate surface area is 190 Å². The van der Waals surface area contributed by atoms with Crippen molar-refractivity contribution in [1.29, 1.82) is 0 Å². The van der Waals surface area contributed by atoms with Crippen molar-refractivity contribution in [1.82, 2.24) is 29.5 Å². The lowest BCUT2D eigenvalue weighted by atomic mass is 10.2. The summed E-state index contributed by atoms with van der Waals surface area (Å²) in [6.45, 7) is 5.23. The van der Waals surface area contributed by atoms with Gasteiger partial charge in [0.2, 0.25) is 0 Å². The highest BCUT2D eigenvalue weighted by Gasteiger charge is 2.22. The number of fused-ring (bicyclic) bond motifs is 1. The van der Waals surface area contributed by atoms with Gasteiger partial charge in [-0.05, 0) is 43.0 Å². The maximum absolute atomic E-state index is 12.0. The van der Waals surface area contributed by atoms with Crippen molar-refractivity contribution in [2.75, 3.05) is 33.2 Å². The van der Waals surface area contributed by atoms with Crippen LogP contribution in [0.3, 0.4) is 0 Å². The molecule has 0 atom stereocenters. The van der Waals surface area contributed by atoms with Gasteiger partial charge >= 0.3 is 0 Å². The van der Waals surface area contributed by atoms with Crippen LogP contribution in [0.15, 0.2) is 47.8 Å². The van der Waals surface area contributed by atoms with E-state index in [0.717, 1.165) is 60.9 Å². The molecule has 0 aromatic carbocycles. The average molecular weight is 451 g/mol. The molecule has 7 nitrogen and oxygen atoms in total. The first kappa shape index (κ1) is 20.3. The van der Waals surface area contributed by atoms with Gasteiger partial charge in [0.1, 0.15) is 9.97 Å². The number of likely N-dealkylation sites (N-methyl/N-ethyl adjacent to an activating group) is 1. The lowest BCUT2D eigenvalue weighted by Gasteiger charge is -2.32. The zero-order chi connectivity index (χ0) is 21.4. The number of nitrogens with one attached hydrogen (secondary N) is 1. The van der Waals surface area contributed by atoms with E-state index in [0.29, 0.717) is 9.23 Å². The molecule has 1 N–H and O–H groups in total. The first-order valence-corrected chi connectivity index (χ1v) is 11.4. The Morgan fingerprint density at radius 1 is 1.13 bits per heavy atom. The molecule has 5 rings (SSSR count). The van der Waals surface area contributed by atoms with Gasteiger partial charge < -0.3 is 10.2 Å². The molecule has 31 heavy (non-hydrogen) atoms. The van der Waals surface area contributed by atoms with E-state index >= 15 is 0 Å². The van der Waals surface area contributed by atoms with E-state index in [9.17, 15) is 4.79 Å². The second-order valence-electron chi connectivity index (χ2n) is 7.80. The summed E-state index contributed by atoms with van der Waals surface area (Å²) in [5.74, 6) is -0.152. The van der Waals surface area contributed by atoms with Crippen LogP contribution in [0.5, 0.6) is 0 Å². The van der Waals surface area contributed by atoms with E-state index in [1.807, 2.05) is 41.2 Å². The van der Waals surface area contributed by atoms with Crippen molar-refractivity contribution in [2.45, 2.75) is 6.54 Å². The predicted molar refractivity (Wildman–Crippen MR) is 128 cm³/mol. The zero-order valence-electron chi connectivity index (χ0n) is 17.1. The number of aromatic nitrogens is 3. The number of piperazine rings is 1. The molecule has 0 saturated carbocycles. The number of nitrogens with zero attached hydrogens (tertiary/aromatic N) is 5. The Balaban J connectivity index is 1.38. The van der Waals surface area contributed by atoms with E-state index in [-0.39, 0.29) is 5.91 Å².